The van der Waals surface area contributed by atoms with E-state index in [1.54, 1.807) is 13.2 Å². The SMILES string of the molecule is COc1ccc(C2C3CNc4c(cccc4[N+](=O)[O-])C3=NN2c2ccccc2)cc1. The normalized spacial score (nSPS) is 19.4. The van der Waals surface area contributed by atoms with Crippen LogP contribution < -0.4 is 15.1 Å². The summed E-state index contributed by atoms with van der Waals surface area (Å²) in [6, 6.07) is 23.1. The number of nitro groups is 1. The van der Waals surface area contributed by atoms with E-state index in [2.05, 4.69) is 17.4 Å². The second-order valence-corrected chi connectivity index (χ2v) is 7.33. The second-order valence-electron chi connectivity index (χ2n) is 7.33. The predicted molar refractivity (Wildman–Crippen MR) is 116 cm³/mol. The lowest BCUT2D eigenvalue weighted by atomic mass is 9.83. The van der Waals surface area contributed by atoms with Crippen molar-refractivity contribution in [2.45, 2.75) is 6.04 Å². The number of nitrogens with one attached hydrogen (secondary N) is 1. The van der Waals surface area contributed by atoms with Gasteiger partial charge in [-0.2, -0.15) is 5.10 Å². The summed E-state index contributed by atoms with van der Waals surface area (Å²) in [6.07, 6.45) is 0. The number of methoxy groups -OCH3 is 1. The van der Waals surface area contributed by atoms with Gasteiger partial charge in [0.05, 0.1) is 29.5 Å². The molecule has 2 aliphatic rings. The maximum Gasteiger partial charge on any atom is 0.293 e. The first-order chi connectivity index (χ1) is 14.7. The van der Waals surface area contributed by atoms with Crippen LogP contribution in [0.2, 0.25) is 0 Å². The molecule has 0 aliphatic carbocycles. The Morgan fingerprint density at radius 3 is 2.53 bits per heavy atom. The fraction of sp³-hybridized carbons (Fsp3) is 0.174. The number of rotatable bonds is 4. The van der Waals surface area contributed by atoms with Gasteiger partial charge >= 0.3 is 0 Å². The fourth-order valence-corrected chi connectivity index (χ4v) is 4.31. The molecule has 5 rings (SSSR count). The number of benzene rings is 3. The minimum absolute atomic E-state index is 0.0341. The first kappa shape index (κ1) is 18.2. The van der Waals surface area contributed by atoms with Crippen molar-refractivity contribution < 1.29 is 9.66 Å². The Morgan fingerprint density at radius 1 is 1.07 bits per heavy atom. The molecular weight excluding hydrogens is 380 g/mol. The molecule has 7 heteroatoms. The molecule has 2 unspecified atom stereocenters. The highest BCUT2D eigenvalue weighted by Crippen LogP contribution is 2.45. The molecule has 3 aromatic rings. The summed E-state index contributed by atoms with van der Waals surface area (Å²) < 4.78 is 5.31. The molecule has 2 aliphatic heterocycles. The maximum atomic E-state index is 11.5. The lowest BCUT2D eigenvalue weighted by Gasteiger charge is -2.31. The number of anilines is 2. The first-order valence-corrected chi connectivity index (χ1v) is 9.76. The van der Waals surface area contributed by atoms with Crippen molar-refractivity contribution in [2.75, 3.05) is 24.0 Å². The van der Waals surface area contributed by atoms with E-state index in [0.717, 1.165) is 28.3 Å². The van der Waals surface area contributed by atoms with Crippen molar-refractivity contribution in [3.8, 4) is 5.75 Å². The number of nitro benzene ring substituents is 1. The van der Waals surface area contributed by atoms with Gasteiger partial charge in [-0.25, -0.2) is 0 Å². The van der Waals surface area contributed by atoms with Crippen molar-refractivity contribution >= 4 is 22.8 Å². The van der Waals surface area contributed by atoms with Crippen molar-refractivity contribution in [3.05, 3.63) is 94.0 Å². The van der Waals surface area contributed by atoms with E-state index in [1.165, 1.54) is 6.07 Å². The quantitative estimate of drug-likeness (QED) is 0.511. The lowest BCUT2D eigenvalue weighted by molar-refractivity contribution is -0.384. The average molecular weight is 400 g/mol. The number of nitrogens with zero attached hydrogens (tertiary/aromatic N) is 3. The molecule has 0 fully saturated rings. The summed E-state index contributed by atoms with van der Waals surface area (Å²) in [5, 5.41) is 21.8. The maximum absolute atomic E-state index is 11.5. The van der Waals surface area contributed by atoms with Gasteiger partial charge in [-0.1, -0.05) is 42.5 Å². The van der Waals surface area contributed by atoms with Gasteiger partial charge in [0.1, 0.15) is 11.4 Å². The molecule has 0 bridgehead atoms. The Kier molecular flexibility index (Phi) is 4.35. The van der Waals surface area contributed by atoms with Crippen LogP contribution in [0.15, 0.2) is 77.9 Å². The number of hydrogen-bond acceptors (Lipinski definition) is 6. The van der Waals surface area contributed by atoms with Gasteiger partial charge in [0.15, 0.2) is 0 Å². The summed E-state index contributed by atoms with van der Waals surface area (Å²) in [6.45, 7) is 0.566. The van der Waals surface area contributed by atoms with Gasteiger partial charge < -0.3 is 10.1 Å². The molecule has 30 heavy (non-hydrogen) atoms. The van der Waals surface area contributed by atoms with Crippen LogP contribution in [-0.2, 0) is 0 Å². The number of hydrogen-bond donors (Lipinski definition) is 1. The lowest BCUT2D eigenvalue weighted by Crippen LogP contribution is -2.34. The zero-order chi connectivity index (χ0) is 20.7. The molecule has 0 amide bonds. The number of hydrazone groups is 1. The van der Waals surface area contributed by atoms with E-state index < -0.39 is 0 Å². The Hall–Kier alpha value is -3.87. The van der Waals surface area contributed by atoms with Gasteiger partial charge in [0.25, 0.3) is 5.69 Å². The largest absolute Gasteiger partial charge is 0.497 e. The first-order valence-electron chi connectivity index (χ1n) is 9.76. The minimum Gasteiger partial charge on any atom is -0.497 e. The molecule has 0 spiro atoms. The number of ether oxygens (including phenoxy) is 1. The molecule has 2 atom stereocenters. The summed E-state index contributed by atoms with van der Waals surface area (Å²) in [4.78, 5) is 11.2. The van der Waals surface area contributed by atoms with E-state index in [9.17, 15) is 10.1 Å². The van der Waals surface area contributed by atoms with Crippen molar-refractivity contribution in [3.63, 3.8) is 0 Å². The summed E-state index contributed by atoms with van der Waals surface area (Å²) in [7, 11) is 1.65. The number of fused-ring (bicyclic) bond motifs is 3. The van der Waals surface area contributed by atoms with E-state index in [4.69, 9.17) is 9.84 Å². The fourth-order valence-electron chi connectivity index (χ4n) is 4.31. The van der Waals surface area contributed by atoms with Gasteiger partial charge in [-0.3, -0.25) is 15.1 Å². The predicted octanol–water partition coefficient (Wildman–Crippen LogP) is 4.61. The van der Waals surface area contributed by atoms with E-state index in [-0.39, 0.29) is 22.6 Å². The van der Waals surface area contributed by atoms with Crippen LogP contribution in [0.4, 0.5) is 17.1 Å². The third-order valence-corrected chi connectivity index (χ3v) is 5.70. The Balaban J connectivity index is 1.64. The molecule has 7 nitrogen and oxygen atoms in total. The third-order valence-electron chi connectivity index (χ3n) is 5.70. The van der Waals surface area contributed by atoms with Crippen LogP contribution in [0.3, 0.4) is 0 Å². The van der Waals surface area contributed by atoms with Gasteiger partial charge in [0.2, 0.25) is 0 Å². The highest BCUT2D eigenvalue weighted by atomic mass is 16.6. The van der Waals surface area contributed by atoms with Gasteiger partial charge in [0, 0.05) is 24.1 Å². The summed E-state index contributed by atoms with van der Waals surface area (Å²) in [5.74, 6) is 0.847. The highest BCUT2D eigenvalue weighted by Gasteiger charge is 2.43. The third kappa shape index (κ3) is 2.86. The zero-order valence-corrected chi connectivity index (χ0v) is 16.4. The van der Waals surface area contributed by atoms with Crippen LogP contribution in [-0.4, -0.2) is 24.3 Å². The van der Waals surface area contributed by atoms with Gasteiger partial charge in [-0.15, -0.1) is 0 Å². The van der Waals surface area contributed by atoms with E-state index in [1.807, 2.05) is 53.5 Å². The molecule has 0 saturated carbocycles. The molecule has 3 aromatic carbocycles. The Morgan fingerprint density at radius 2 is 1.83 bits per heavy atom. The second kappa shape index (κ2) is 7.18. The molecule has 0 aromatic heterocycles. The van der Waals surface area contributed by atoms with Crippen molar-refractivity contribution in [2.24, 2.45) is 11.0 Å². The highest BCUT2D eigenvalue weighted by molar-refractivity contribution is 6.12. The number of para-hydroxylation sites is 2. The molecule has 0 saturated heterocycles. The molecule has 150 valence electrons. The Labute approximate surface area is 173 Å². The molecule has 1 N–H and O–H groups in total. The molecule has 0 radical (unpaired) electrons. The van der Waals surface area contributed by atoms with Gasteiger partial charge in [-0.05, 0) is 29.8 Å². The molecule has 2 heterocycles. The minimum atomic E-state index is -0.350. The van der Waals surface area contributed by atoms with Crippen LogP contribution in [0.5, 0.6) is 5.75 Å². The topological polar surface area (TPSA) is 80.0 Å². The van der Waals surface area contributed by atoms with Crippen LogP contribution in [0.25, 0.3) is 0 Å². The van der Waals surface area contributed by atoms with Crippen LogP contribution in [0, 0.1) is 16.0 Å². The summed E-state index contributed by atoms with van der Waals surface area (Å²) >= 11 is 0. The molecular formula is C23H20N4O3. The van der Waals surface area contributed by atoms with Crippen molar-refractivity contribution in [1.29, 1.82) is 0 Å². The zero-order valence-electron chi connectivity index (χ0n) is 16.4. The average Bonchev–Trinajstić information content (AvgIpc) is 3.19. The standard InChI is InChI=1S/C23H20N4O3/c1-30-17-12-10-15(11-13-17)23-19-14-24-22-18(8-5-9-20(22)27(28)29)21(19)25-26(23)16-6-3-2-4-7-16/h2-13,19,23-24H,14H2,1H3. The monoisotopic (exact) mass is 400 g/mol. The van der Waals surface area contributed by atoms with E-state index >= 15 is 0 Å². The smallest absolute Gasteiger partial charge is 0.293 e. The summed E-state index contributed by atoms with van der Waals surface area (Å²) in [5.41, 5.74) is 4.37. The van der Waals surface area contributed by atoms with Crippen LogP contribution in [0.1, 0.15) is 17.2 Å². The van der Waals surface area contributed by atoms with E-state index in [0.29, 0.717) is 12.2 Å². The Bertz CT molecular complexity index is 1130. The van der Waals surface area contributed by atoms with Crippen molar-refractivity contribution in [1.82, 2.24) is 0 Å². The van der Waals surface area contributed by atoms with Crippen LogP contribution >= 0.6 is 0 Å².